The minimum atomic E-state index is -0.0924. The lowest BCUT2D eigenvalue weighted by Crippen LogP contribution is -2.33. The van der Waals surface area contributed by atoms with Crippen LogP contribution in [0.3, 0.4) is 0 Å². The Bertz CT molecular complexity index is 1840. The summed E-state index contributed by atoms with van der Waals surface area (Å²) in [6, 6.07) is 21.5. The highest BCUT2D eigenvalue weighted by Gasteiger charge is 2.30. The van der Waals surface area contributed by atoms with E-state index >= 15 is 0 Å². The highest BCUT2D eigenvalue weighted by molar-refractivity contribution is 6.09. The smallest absolute Gasteiger partial charge is 0.262 e. The van der Waals surface area contributed by atoms with Gasteiger partial charge >= 0.3 is 0 Å². The number of rotatable bonds is 6. The van der Waals surface area contributed by atoms with E-state index < -0.39 is 0 Å². The standard InChI is InChI=1S/C34H31N5O3/c1-3-35-33(40)23-11-9-22(10-12-23)28-18-27-31(36-19-37-32(27)38-28)25-5-4-6-29(20(25)2)39-15-16-42-30-17-24(21-7-8-21)13-14-26(30)34(39)41/h4-6,9-14,17-19,21H,3,7-8,15-16H2,1-2H3,(H,35,40)(H,36,37,38). The highest BCUT2D eigenvalue weighted by Crippen LogP contribution is 2.42. The van der Waals surface area contributed by atoms with E-state index in [-0.39, 0.29) is 11.8 Å². The van der Waals surface area contributed by atoms with Crippen LogP contribution in [0, 0.1) is 6.92 Å². The molecular formula is C34H31N5O3. The second kappa shape index (κ2) is 10.4. The first-order chi connectivity index (χ1) is 20.5. The van der Waals surface area contributed by atoms with Crippen LogP contribution in [-0.2, 0) is 0 Å². The minimum Gasteiger partial charge on any atom is -0.491 e. The molecule has 2 N–H and O–H groups in total. The van der Waals surface area contributed by atoms with Gasteiger partial charge in [-0.2, -0.15) is 0 Å². The van der Waals surface area contributed by atoms with Crippen LogP contribution in [0.2, 0.25) is 0 Å². The van der Waals surface area contributed by atoms with Crippen LogP contribution in [0.4, 0.5) is 5.69 Å². The number of H-pyrrole nitrogens is 1. The lowest BCUT2D eigenvalue weighted by Gasteiger charge is -2.23. The van der Waals surface area contributed by atoms with Crippen molar-refractivity contribution in [1.29, 1.82) is 0 Å². The molecule has 5 aromatic rings. The van der Waals surface area contributed by atoms with Gasteiger partial charge in [0.2, 0.25) is 0 Å². The molecule has 3 heterocycles. The molecule has 0 spiro atoms. The third-order valence-electron chi connectivity index (χ3n) is 8.17. The Morgan fingerprint density at radius 3 is 2.67 bits per heavy atom. The summed E-state index contributed by atoms with van der Waals surface area (Å²) in [5.74, 6) is 1.12. The number of carbonyl (C=O) groups excluding carboxylic acids is 2. The molecule has 0 saturated heterocycles. The predicted molar refractivity (Wildman–Crippen MR) is 163 cm³/mol. The van der Waals surface area contributed by atoms with Crippen molar-refractivity contribution < 1.29 is 14.3 Å². The summed E-state index contributed by atoms with van der Waals surface area (Å²) >= 11 is 0. The number of fused-ring (bicyclic) bond motifs is 2. The van der Waals surface area contributed by atoms with Crippen LogP contribution >= 0.6 is 0 Å². The van der Waals surface area contributed by atoms with E-state index in [1.165, 1.54) is 18.4 Å². The van der Waals surface area contributed by atoms with E-state index in [0.29, 0.717) is 48.1 Å². The summed E-state index contributed by atoms with van der Waals surface area (Å²) in [4.78, 5) is 40.4. The van der Waals surface area contributed by atoms with Gasteiger partial charge in [-0.05, 0) is 85.7 Å². The van der Waals surface area contributed by atoms with Gasteiger partial charge in [0.25, 0.3) is 11.8 Å². The Kier molecular flexibility index (Phi) is 6.46. The summed E-state index contributed by atoms with van der Waals surface area (Å²) in [6.07, 6.45) is 3.96. The van der Waals surface area contributed by atoms with Crippen molar-refractivity contribution in [3.8, 4) is 28.3 Å². The number of aromatic nitrogens is 3. The number of benzene rings is 3. The van der Waals surface area contributed by atoms with Crippen LogP contribution in [0.5, 0.6) is 5.75 Å². The maximum Gasteiger partial charge on any atom is 0.262 e. The van der Waals surface area contributed by atoms with Crippen LogP contribution in [0.25, 0.3) is 33.5 Å². The molecular weight excluding hydrogens is 526 g/mol. The Hall–Kier alpha value is -4.98. The molecule has 8 heteroatoms. The van der Waals surface area contributed by atoms with Gasteiger partial charge in [0.15, 0.2) is 0 Å². The van der Waals surface area contributed by atoms with Crippen molar-refractivity contribution in [3.63, 3.8) is 0 Å². The lowest BCUT2D eigenvalue weighted by atomic mass is 10.00. The van der Waals surface area contributed by atoms with Crippen molar-refractivity contribution >= 4 is 28.5 Å². The number of carbonyl (C=O) groups is 2. The zero-order valence-electron chi connectivity index (χ0n) is 23.6. The van der Waals surface area contributed by atoms with Crippen molar-refractivity contribution in [1.82, 2.24) is 20.3 Å². The fourth-order valence-corrected chi connectivity index (χ4v) is 5.78. The van der Waals surface area contributed by atoms with Gasteiger partial charge in [0, 0.05) is 34.4 Å². The van der Waals surface area contributed by atoms with Crippen LogP contribution < -0.4 is 15.0 Å². The monoisotopic (exact) mass is 557 g/mol. The molecule has 1 saturated carbocycles. The molecule has 3 aromatic carbocycles. The second-order valence-electron chi connectivity index (χ2n) is 10.9. The first kappa shape index (κ1) is 26.0. The third kappa shape index (κ3) is 4.59. The molecule has 1 aliphatic heterocycles. The van der Waals surface area contributed by atoms with E-state index in [2.05, 4.69) is 26.3 Å². The van der Waals surface area contributed by atoms with Gasteiger partial charge in [-0.1, -0.05) is 30.3 Å². The van der Waals surface area contributed by atoms with Gasteiger partial charge in [-0.25, -0.2) is 9.97 Å². The van der Waals surface area contributed by atoms with Crippen molar-refractivity contribution in [2.24, 2.45) is 0 Å². The Morgan fingerprint density at radius 1 is 1.05 bits per heavy atom. The first-order valence-corrected chi connectivity index (χ1v) is 14.4. The Balaban J connectivity index is 1.23. The van der Waals surface area contributed by atoms with Crippen molar-refractivity contribution in [2.45, 2.75) is 32.6 Å². The molecule has 210 valence electrons. The average molecular weight is 558 g/mol. The molecule has 2 amide bonds. The molecule has 1 fully saturated rings. The molecule has 8 nitrogen and oxygen atoms in total. The molecule has 0 bridgehead atoms. The SMILES string of the molecule is CCNC(=O)c1ccc(-c2cc3c(-c4cccc(N5CCOc6cc(C7CC7)ccc6C5=O)c4C)ncnc3[nH]2)cc1. The van der Waals surface area contributed by atoms with Crippen molar-refractivity contribution in [3.05, 3.63) is 95.3 Å². The van der Waals surface area contributed by atoms with Gasteiger partial charge in [0.05, 0.1) is 17.8 Å². The molecule has 7 rings (SSSR count). The number of hydrogen-bond acceptors (Lipinski definition) is 5. The number of anilines is 1. The largest absolute Gasteiger partial charge is 0.491 e. The zero-order chi connectivity index (χ0) is 28.8. The summed E-state index contributed by atoms with van der Waals surface area (Å²) in [5.41, 5.74) is 8.51. The van der Waals surface area contributed by atoms with Crippen LogP contribution in [0.1, 0.15) is 57.5 Å². The number of ether oxygens (including phenoxy) is 1. The molecule has 42 heavy (non-hydrogen) atoms. The van der Waals surface area contributed by atoms with Gasteiger partial charge in [0.1, 0.15) is 24.3 Å². The topological polar surface area (TPSA) is 100 Å². The molecule has 1 aliphatic carbocycles. The number of nitrogens with one attached hydrogen (secondary N) is 2. The molecule has 0 atom stereocenters. The maximum absolute atomic E-state index is 13.8. The van der Waals surface area contributed by atoms with E-state index in [4.69, 9.17) is 4.74 Å². The molecule has 0 radical (unpaired) electrons. The van der Waals surface area contributed by atoms with E-state index in [0.717, 1.165) is 39.2 Å². The highest BCUT2D eigenvalue weighted by atomic mass is 16.5. The average Bonchev–Trinajstić information content (AvgIpc) is 3.79. The lowest BCUT2D eigenvalue weighted by molar-refractivity contribution is 0.0954. The normalized spacial score (nSPS) is 14.8. The van der Waals surface area contributed by atoms with Gasteiger partial charge in [-0.15, -0.1) is 0 Å². The third-order valence-corrected chi connectivity index (χ3v) is 8.17. The fourth-order valence-electron chi connectivity index (χ4n) is 5.78. The maximum atomic E-state index is 13.8. The predicted octanol–water partition coefficient (Wildman–Crippen LogP) is 6.27. The zero-order valence-corrected chi connectivity index (χ0v) is 23.6. The first-order valence-electron chi connectivity index (χ1n) is 14.4. The van der Waals surface area contributed by atoms with Crippen LogP contribution in [-0.4, -0.2) is 46.5 Å². The quantitative estimate of drug-likeness (QED) is 0.256. The van der Waals surface area contributed by atoms with Gasteiger partial charge < -0.3 is 19.9 Å². The Morgan fingerprint density at radius 2 is 1.88 bits per heavy atom. The molecule has 0 unspecified atom stereocenters. The number of nitrogens with zero attached hydrogens (tertiary/aromatic N) is 3. The van der Waals surface area contributed by atoms with Crippen LogP contribution in [0.15, 0.2) is 73.1 Å². The molecule has 2 aliphatic rings. The molecule has 2 aromatic heterocycles. The number of aromatic amines is 1. The number of hydrogen-bond donors (Lipinski definition) is 2. The number of amides is 2. The van der Waals surface area contributed by atoms with E-state index in [1.54, 1.807) is 6.33 Å². The second-order valence-corrected chi connectivity index (χ2v) is 10.9. The summed E-state index contributed by atoms with van der Waals surface area (Å²) in [5, 5.41) is 3.70. The summed E-state index contributed by atoms with van der Waals surface area (Å²) in [6.45, 7) is 5.39. The van der Waals surface area contributed by atoms with Crippen molar-refractivity contribution in [2.75, 3.05) is 24.6 Å². The summed E-state index contributed by atoms with van der Waals surface area (Å²) < 4.78 is 6.07. The fraction of sp³-hybridized carbons (Fsp3) is 0.235. The summed E-state index contributed by atoms with van der Waals surface area (Å²) in [7, 11) is 0. The Labute approximate surface area is 243 Å². The van der Waals surface area contributed by atoms with E-state index in [1.807, 2.05) is 79.4 Å². The van der Waals surface area contributed by atoms with E-state index in [9.17, 15) is 9.59 Å². The van der Waals surface area contributed by atoms with Gasteiger partial charge in [-0.3, -0.25) is 9.59 Å². The minimum absolute atomic E-state index is 0.0575.